The van der Waals surface area contributed by atoms with E-state index in [1.165, 1.54) is 0 Å². The molecule has 1 aliphatic heterocycles. The molecule has 2 aromatic rings. The van der Waals surface area contributed by atoms with Crippen molar-refractivity contribution in [3.63, 3.8) is 0 Å². The summed E-state index contributed by atoms with van der Waals surface area (Å²) in [5.74, 6) is 1.32. The molecule has 1 aliphatic rings. The van der Waals surface area contributed by atoms with Crippen LogP contribution in [-0.4, -0.2) is 50.0 Å². The predicted molar refractivity (Wildman–Crippen MR) is 109 cm³/mol. The summed E-state index contributed by atoms with van der Waals surface area (Å²) in [6, 6.07) is 5.19. The molecule has 28 heavy (non-hydrogen) atoms. The van der Waals surface area contributed by atoms with Crippen LogP contribution in [-0.2, 0) is 16.6 Å². The van der Waals surface area contributed by atoms with Gasteiger partial charge in [-0.05, 0) is 31.0 Å². The highest BCUT2D eigenvalue weighted by atomic mass is 32.2. The highest BCUT2D eigenvalue weighted by Gasteiger charge is 2.26. The first kappa shape index (κ1) is 20.6. The molecule has 1 N–H and O–H groups in total. The van der Waals surface area contributed by atoms with E-state index < -0.39 is 10.0 Å². The Morgan fingerprint density at radius 2 is 1.93 bits per heavy atom. The SMILES string of the molecule is CC(C)c1noc(CNc2cc(S(=O)(=O)N3CCCCC3)ccc2N(C)C)n1. The number of hydrogen-bond acceptors (Lipinski definition) is 7. The number of hydrogen-bond donors (Lipinski definition) is 1. The van der Waals surface area contributed by atoms with Gasteiger partial charge < -0.3 is 14.7 Å². The predicted octanol–water partition coefficient (Wildman–Crippen LogP) is 3.05. The van der Waals surface area contributed by atoms with Gasteiger partial charge in [0.15, 0.2) is 5.82 Å². The van der Waals surface area contributed by atoms with Gasteiger partial charge >= 0.3 is 0 Å². The van der Waals surface area contributed by atoms with Crippen molar-refractivity contribution < 1.29 is 12.9 Å². The Kier molecular flexibility index (Phi) is 6.24. The maximum Gasteiger partial charge on any atom is 0.245 e. The zero-order valence-corrected chi connectivity index (χ0v) is 17.8. The number of nitrogens with zero attached hydrogens (tertiary/aromatic N) is 4. The Labute approximate surface area is 167 Å². The van der Waals surface area contributed by atoms with E-state index in [9.17, 15) is 8.42 Å². The van der Waals surface area contributed by atoms with Crippen LogP contribution in [0.4, 0.5) is 11.4 Å². The molecule has 2 heterocycles. The number of piperidine rings is 1. The summed E-state index contributed by atoms with van der Waals surface area (Å²) < 4.78 is 32.9. The van der Waals surface area contributed by atoms with Crippen molar-refractivity contribution in [1.29, 1.82) is 0 Å². The first-order valence-electron chi connectivity index (χ1n) is 9.67. The monoisotopic (exact) mass is 407 g/mol. The van der Waals surface area contributed by atoms with Gasteiger partial charge in [-0.2, -0.15) is 9.29 Å². The van der Waals surface area contributed by atoms with Crippen LogP contribution in [0.25, 0.3) is 0 Å². The van der Waals surface area contributed by atoms with E-state index in [0.29, 0.717) is 41.9 Å². The van der Waals surface area contributed by atoms with Crippen molar-refractivity contribution in [2.24, 2.45) is 0 Å². The number of nitrogens with one attached hydrogen (secondary N) is 1. The fraction of sp³-hybridized carbons (Fsp3) is 0.579. The van der Waals surface area contributed by atoms with Gasteiger partial charge in [-0.15, -0.1) is 0 Å². The van der Waals surface area contributed by atoms with E-state index in [-0.39, 0.29) is 5.92 Å². The largest absolute Gasteiger partial charge is 0.376 e. The molecule has 1 aromatic carbocycles. The van der Waals surface area contributed by atoms with Gasteiger partial charge in [0.1, 0.15) is 0 Å². The minimum atomic E-state index is -3.49. The number of benzene rings is 1. The lowest BCUT2D eigenvalue weighted by molar-refractivity contribution is 0.346. The van der Waals surface area contributed by atoms with Gasteiger partial charge in [-0.25, -0.2) is 8.42 Å². The van der Waals surface area contributed by atoms with Gasteiger partial charge in [-0.1, -0.05) is 25.4 Å². The van der Waals surface area contributed by atoms with Crippen molar-refractivity contribution in [3.8, 4) is 0 Å². The number of aromatic nitrogens is 2. The van der Waals surface area contributed by atoms with Crippen LogP contribution in [0, 0.1) is 0 Å². The van der Waals surface area contributed by atoms with E-state index in [4.69, 9.17) is 4.52 Å². The molecule has 0 amide bonds. The summed E-state index contributed by atoms with van der Waals surface area (Å²) in [5, 5.41) is 7.22. The fourth-order valence-corrected chi connectivity index (χ4v) is 4.75. The Balaban J connectivity index is 1.84. The van der Waals surface area contributed by atoms with Crippen LogP contribution < -0.4 is 10.2 Å². The van der Waals surface area contributed by atoms with Crippen LogP contribution in [0.15, 0.2) is 27.6 Å². The lowest BCUT2D eigenvalue weighted by atomic mass is 10.2. The maximum absolute atomic E-state index is 13.0. The Hall–Kier alpha value is -2.13. The second-order valence-corrected chi connectivity index (χ2v) is 9.53. The first-order valence-corrected chi connectivity index (χ1v) is 11.1. The quantitative estimate of drug-likeness (QED) is 0.754. The smallest absolute Gasteiger partial charge is 0.245 e. The van der Waals surface area contributed by atoms with Crippen LogP contribution >= 0.6 is 0 Å². The van der Waals surface area contributed by atoms with Crippen molar-refractivity contribution in [2.75, 3.05) is 37.4 Å². The second kappa shape index (κ2) is 8.48. The van der Waals surface area contributed by atoms with Gasteiger partial charge in [-0.3, -0.25) is 0 Å². The number of rotatable bonds is 7. The summed E-state index contributed by atoms with van der Waals surface area (Å²) >= 11 is 0. The molecule has 0 aliphatic carbocycles. The molecule has 3 rings (SSSR count). The number of sulfonamides is 1. The van der Waals surface area contributed by atoms with Crippen LogP contribution in [0.2, 0.25) is 0 Å². The van der Waals surface area contributed by atoms with Gasteiger partial charge in [0.2, 0.25) is 15.9 Å². The molecule has 0 unspecified atom stereocenters. The molecular formula is C19H29N5O3S. The zero-order chi connectivity index (χ0) is 20.3. The van der Waals surface area contributed by atoms with E-state index in [0.717, 1.165) is 24.9 Å². The van der Waals surface area contributed by atoms with Crippen molar-refractivity contribution >= 4 is 21.4 Å². The van der Waals surface area contributed by atoms with Crippen molar-refractivity contribution in [1.82, 2.24) is 14.4 Å². The third-order valence-corrected chi connectivity index (χ3v) is 6.73. The molecule has 1 fully saturated rings. The van der Waals surface area contributed by atoms with E-state index in [1.54, 1.807) is 16.4 Å². The fourth-order valence-electron chi connectivity index (χ4n) is 3.21. The molecule has 154 valence electrons. The number of anilines is 2. The molecule has 0 atom stereocenters. The summed E-state index contributed by atoms with van der Waals surface area (Å²) in [6.07, 6.45) is 2.91. The molecule has 0 bridgehead atoms. The van der Waals surface area contributed by atoms with Gasteiger partial charge in [0, 0.05) is 33.1 Å². The first-order chi connectivity index (χ1) is 13.3. The van der Waals surface area contributed by atoms with Crippen LogP contribution in [0.3, 0.4) is 0 Å². The Bertz CT molecular complexity index is 902. The topological polar surface area (TPSA) is 91.6 Å². The summed E-state index contributed by atoms with van der Waals surface area (Å²) in [7, 11) is 0.345. The summed E-state index contributed by atoms with van der Waals surface area (Å²) in [6.45, 7) is 5.50. The standard InChI is InChI=1S/C19H29N5O3S/c1-14(2)19-21-18(27-22-19)13-20-16-12-15(8-9-17(16)23(3)4)28(25,26)24-10-6-5-7-11-24/h8-9,12,14,20H,5-7,10-11,13H2,1-4H3. The Morgan fingerprint density at radius 1 is 1.21 bits per heavy atom. The molecule has 0 saturated carbocycles. The normalized spacial score (nSPS) is 15.8. The van der Waals surface area contributed by atoms with Crippen LogP contribution in [0.1, 0.15) is 50.7 Å². The van der Waals surface area contributed by atoms with Gasteiger partial charge in [0.05, 0.1) is 22.8 Å². The highest BCUT2D eigenvalue weighted by molar-refractivity contribution is 7.89. The van der Waals surface area contributed by atoms with E-state index >= 15 is 0 Å². The average Bonchev–Trinajstić information content (AvgIpc) is 3.16. The molecule has 0 radical (unpaired) electrons. The molecular weight excluding hydrogens is 378 g/mol. The highest BCUT2D eigenvalue weighted by Crippen LogP contribution is 2.30. The lowest BCUT2D eigenvalue weighted by Crippen LogP contribution is -2.35. The van der Waals surface area contributed by atoms with Crippen LogP contribution in [0.5, 0.6) is 0 Å². The summed E-state index contributed by atoms with van der Waals surface area (Å²) in [4.78, 5) is 6.60. The average molecular weight is 408 g/mol. The Morgan fingerprint density at radius 3 is 2.54 bits per heavy atom. The molecule has 1 saturated heterocycles. The van der Waals surface area contributed by atoms with Crippen molar-refractivity contribution in [2.45, 2.75) is 50.5 Å². The van der Waals surface area contributed by atoms with E-state index in [2.05, 4.69) is 15.5 Å². The molecule has 1 aromatic heterocycles. The third-order valence-electron chi connectivity index (χ3n) is 4.83. The summed E-state index contributed by atoms with van der Waals surface area (Å²) in [5.41, 5.74) is 1.61. The second-order valence-electron chi connectivity index (χ2n) is 7.59. The molecule has 0 spiro atoms. The van der Waals surface area contributed by atoms with E-state index in [1.807, 2.05) is 38.9 Å². The molecule has 9 heteroatoms. The van der Waals surface area contributed by atoms with Gasteiger partial charge in [0.25, 0.3) is 0 Å². The van der Waals surface area contributed by atoms with Crippen molar-refractivity contribution in [3.05, 3.63) is 29.9 Å². The maximum atomic E-state index is 13.0. The third kappa shape index (κ3) is 4.47. The lowest BCUT2D eigenvalue weighted by Gasteiger charge is -2.26. The minimum absolute atomic E-state index is 0.188. The minimum Gasteiger partial charge on any atom is -0.376 e. The molecule has 8 nitrogen and oxygen atoms in total. The zero-order valence-electron chi connectivity index (χ0n) is 17.0.